The zero-order valence-corrected chi connectivity index (χ0v) is 13.2. The molecule has 1 N–H and O–H groups in total. The summed E-state index contributed by atoms with van der Waals surface area (Å²) in [4.78, 5) is 9.45. The highest BCUT2D eigenvalue weighted by atomic mass is 16.5. The van der Waals surface area contributed by atoms with Crippen LogP contribution in [0.3, 0.4) is 0 Å². The summed E-state index contributed by atoms with van der Waals surface area (Å²) in [5.74, 6) is 1.55. The molecule has 1 saturated carbocycles. The van der Waals surface area contributed by atoms with Crippen molar-refractivity contribution >= 4 is 0 Å². The minimum Gasteiger partial charge on any atom is -0.370 e. The summed E-state index contributed by atoms with van der Waals surface area (Å²) in [7, 11) is 1.80. The Hall–Kier alpha value is -1.00. The van der Waals surface area contributed by atoms with Crippen LogP contribution in [0.15, 0.2) is 6.07 Å². The van der Waals surface area contributed by atoms with Crippen molar-refractivity contribution in [3.63, 3.8) is 0 Å². The van der Waals surface area contributed by atoms with E-state index in [1.165, 1.54) is 12.8 Å². The Labute approximate surface area is 122 Å². The second-order valence-electron chi connectivity index (χ2n) is 6.00. The molecule has 1 heterocycles. The molecular weight excluding hydrogens is 250 g/mol. The predicted octanol–water partition coefficient (Wildman–Crippen LogP) is 2.95. The molecule has 20 heavy (non-hydrogen) atoms. The Kier molecular flexibility index (Phi) is 5.11. The predicted molar refractivity (Wildman–Crippen MR) is 80.5 cm³/mol. The SMILES string of the molecule is CCNCc1cc(C)nc(C2(OC)CCCC(C)C2)n1. The highest BCUT2D eigenvalue weighted by molar-refractivity contribution is 5.15. The normalized spacial score (nSPS) is 26.7. The van der Waals surface area contributed by atoms with Crippen LogP contribution in [0.5, 0.6) is 0 Å². The summed E-state index contributed by atoms with van der Waals surface area (Å²) >= 11 is 0. The van der Waals surface area contributed by atoms with Gasteiger partial charge in [0.2, 0.25) is 0 Å². The second kappa shape index (κ2) is 6.64. The van der Waals surface area contributed by atoms with Gasteiger partial charge in [0.25, 0.3) is 0 Å². The van der Waals surface area contributed by atoms with E-state index in [4.69, 9.17) is 9.72 Å². The monoisotopic (exact) mass is 277 g/mol. The molecule has 2 atom stereocenters. The summed E-state index contributed by atoms with van der Waals surface area (Å²) in [5.41, 5.74) is 1.80. The molecule has 0 amide bonds. The lowest BCUT2D eigenvalue weighted by Gasteiger charge is -2.37. The molecular formula is C16H27N3O. The third kappa shape index (κ3) is 3.36. The van der Waals surface area contributed by atoms with Gasteiger partial charge in [-0.3, -0.25) is 0 Å². The molecule has 0 aliphatic heterocycles. The van der Waals surface area contributed by atoms with Crippen LogP contribution in [0, 0.1) is 12.8 Å². The third-order valence-electron chi connectivity index (χ3n) is 4.22. The molecule has 4 nitrogen and oxygen atoms in total. The minimum atomic E-state index is -0.287. The lowest BCUT2D eigenvalue weighted by Crippen LogP contribution is -2.36. The molecule has 2 rings (SSSR count). The van der Waals surface area contributed by atoms with Crippen LogP contribution in [-0.2, 0) is 16.9 Å². The van der Waals surface area contributed by atoms with Crippen LogP contribution >= 0.6 is 0 Å². The van der Waals surface area contributed by atoms with E-state index in [0.29, 0.717) is 5.92 Å². The Morgan fingerprint density at radius 1 is 1.45 bits per heavy atom. The van der Waals surface area contributed by atoms with E-state index in [2.05, 4.69) is 30.2 Å². The van der Waals surface area contributed by atoms with Gasteiger partial charge in [-0.05, 0) is 44.7 Å². The summed E-state index contributed by atoms with van der Waals surface area (Å²) in [6.07, 6.45) is 4.52. The summed E-state index contributed by atoms with van der Waals surface area (Å²) in [6, 6.07) is 2.06. The van der Waals surface area contributed by atoms with E-state index < -0.39 is 0 Å². The molecule has 0 aromatic carbocycles. The van der Waals surface area contributed by atoms with Crippen LogP contribution < -0.4 is 5.32 Å². The zero-order valence-electron chi connectivity index (χ0n) is 13.2. The molecule has 2 unspecified atom stereocenters. The summed E-state index contributed by atoms with van der Waals surface area (Å²) in [6.45, 7) is 8.18. The maximum atomic E-state index is 5.90. The van der Waals surface area contributed by atoms with Gasteiger partial charge in [-0.2, -0.15) is 0 Å². The fraction of sp³-hybridized carbons (Fsp3) is 0.750. The van der Waals surface area contributed by atoms with Crippen molar-refractivity contribution in [1.29, 1.82) is 0 Å². The Morgan fingerprint density at radius 2 is 2.25 bits per heavy atom. The van der Waals surface area contributed by atoms with E-state index in [-0.39, 0.29) is 5.60 Å². The average molecular weight is 277 g/mol. The van der Waals surface area contributed by atoms with Crippen LogP contribution in [-0.4, -0.2) is 23.6 Å². The molecule has 0 spiro atoms. The molecule has 0 bridgehead atoms. The summed E-state index contributed by atoms with van der Waals surface area (Å²) in [5, 5.41) is 3.33. The van der Waals surface area contributed by atoms with Crippen LogP contribution in [0.25, 0.3) is 0 Å². The zero-order chi connectivity index (χ0) is 14.6. The third-order valence-corrected chi connectivity index (χ3v) is 4.22. The van der Waals surface area contributed by atoms with Gasteiger partial charge in [0.1, 0.15) is 5.60 Å². The van der Waals surface area contributed by atoms with Gasteiger partial charge < -0.3 is 10.1 Å². The topological polar surface area (TPSA) is 47.0 Å². The highest BCUT2D eigenvalue weighted by Crippen LogP contribution is 2.41. The maximum absolute atomic E-state index is 5.90. The Bertz CT molecular complexity index is 449. The first kappa shape index (κ1) is 15.4. The number of aromatic nitrogens is 2. The first-order chi connectivity index (χ1) is 9.59. The fourth-order valence-corrected chi connectivity index (χ4v) is 3.16. The first-order valence-electron chi connectivity index (χ1n) is 7.70. The van der Waals surface area contributed by atoms with Crippen molar-refractivity contribution in [2.24, 2.45) is 5.92 Å². The number of nitrogens with one attached hydrogen (secondary N) is 1. The maximum Gasteiger partial charge on any atom is 0.160 e. The quantitative estimate of drug-likeness (QED) is 0.899. The standard InChI is InChI=1S/C16H27N3O/c1-5-17-11-14-9-13(3)18-15(19-14)16(20-4)8-6-7-12(2)10-16/h9,12,17H,5-8,10-11H2,1-4H3. The first-order valence-corrected chi connectivity index (χ1v) is 7.70. The van der Waals surface area contributed by atoms with E-state index in [1.54, 1.807) is 7.11 Å². The van der Waals surface area contributed by atoms with E-state index in [9.17, 15) is 0 Å². The number of ether oxygens (including phenoxy) is 1. The van der Waals surface area contributed by atoms with Gasteiger partial charge >= 0.3 is 0 Å². The van der Waals surface area contributed by atoms with Crippen LogP contribution in [0.4, 0.5) is 0 Å². The highest BCUT2D eigenvalue weighted by Gasteiger charge is 2.39. The number of nitrogens with zero attached hydrogens (tertiary/aromatic N) is 2. The molecule has 112 valence electrons. The van der Waals surface area contributed by atoms with Crippen molar-refractivity contribution in [2.75, 3.05) is 13.7 Å². The van der Waals surface area contributed by atoms with Crippen LogP contribution in [0.2, 0.25) is 0 Å². The number of rotatable bonds is 5. The molecule has 1 aromatic rings. The van der Waals surface area contributed by atoms with Crippen molar-refractivity contribution in [3.05, 3.63) is 23.3 Å². The van der Waals surface area contributed by atoms with Gasteiger partial charge in [-0.1, -0.05) is 20.3 Å². The van der Waals surface area contributed by atoms with Crippen molar-refractivity contribution in [3.8, 4) is 0 Å². The Morgan fingerprint density at radius 3 is 2.90 bits per heavy atom. The van der Waals surface area contributed by atoms with Crippen LogP contribution in [0.1, 0.15) is 56.7 Å². The number of hydrogen-bond donors (Lipinski definition) is 1. The second-order valence-corrected chi connectivity index (χ2v) is 6.00. The number of hydrogen-bond acceptors (Lipinski definition) is 4. The van der Waals surface area contributed by atoms with Gasteiger partial charge in [-0.15, -0.1) is 0 Å². The molecule has 1 fully saturated rings. The minimum absolute atomic E-state index is 0.287. The van der Waals surface area contributed by atoms with E-state index in [0.717, 1.165) is 43.1 Å². The molecule has 0 radical (unpaired) electrons. The van der Waals surface area contributed by atoms with E-state index >= 15 is 0 Å². The molecule has 1 aliphatic rings. The van der Waals surface area contributed by atoms with Gasteiger partial charge in [0, 0.05) is 19.3 Å². The van der Waals surface area contributed by atoms with Crippen molar-refractivity contribution < 1.29 is 4.74 Å². The largest absolute Gasteiger partial charge is 0.370 e. The lowest BCUT2D eigenvalue weighted by molar-refractivity contribution is -0.0648. The van der Waals surface area contributed by atoms with Gasteiger partial charge in [-0.25, -0.2) is 9.97 Å². The van der Waals surface area contributed by atoms with Gasteiger partial charge in [0.05, 0.1) is 5.69 Å². The van der Waals surface area contributed by atoms with Crippen molar-refractivity contribution in [1.82, 2.24) is 15.3 Å². The molecule has 0 saturated heterocycles. The lowest BCUT2D eigenvalue weighted by atomic mass is 9.78. The van der Waals surface area contributed by atoms with Crippen molar-refractivity contribution in [2.45, 2.75) is 58.6 Å². The summed E-state index contributed by atoms with van der Waals surface area (Å²) < 4.78 is 5.90. The van der Waals surface area contributed by atoms with E-state index in [1.807, 2.05) is 6.92 Å². The van der Waals surface area contributed by atoms with Gasteiger partial charge in [0.15, 0.2) is 5.82 Å². The molecule has 1 aliphatic carbocycles. The number of aryl methyl sites for hydroxylation is 1. The molecule has 4 heteroatoms. The average Bonchev–Trinajstić information content (AvgIpc) is 2.44. The molecule has 1 aromatic heterocycles. The Balaban J connectivity index is 2.31. The fourth-order valence-electron chi connectivity index (χ4n) is 3.16. The smallest absolute Gasteiger partial charge is 0.160 e. The number of methoxy groups -OCH3 is 1.